The summed E-state index contributed by atoms with van der Waals surface area (Å²) in [6.45, 7) is 0.460. The van der Waals surface area contributed by atoms with E-state index in [-0.39, 0.29) is 5.75 Å². The average molecular weight is 247 g/mol. The summed E-state index contributed by atoms with van der Waals surface area (Å²) in [4.78, 5) is 10.2. The number of halogens is 1. The Balaban J connectivity index is 2.21. The summed E-state index contributed by atoms with van der Waals surface area (Å²) in [5.74, 6) is 0.566. The summed E-state index contributed by atoms with van der Waals surface area (Å²) < 4.78 is 5.37. The number of thioether (sulfide) groups is 1. The van der Waals surface area contributed by atoms with Gasteiger partial charge in [0.15, 0.2) is 0 Å². The summed E-state index contributed by atoms with van der Waals surface area (Å²) in [5, 5.41) is 8.96. The summed E-state index contributed by atoms with van der Waals surface area (Å²) in [6, 6.07) is 7.20. The largest absolute Gasteiger partial charge is 0.491 e. The molecule has 0 radical (unpaired) electrons. The van der Waals surface area contributed by atoms with Gasteiger partial charge in [-0.2, -0.15) is 0 Å². The lowest BCUT2D eigenvalue weighted by atomic mass is 10.3. The fraction of sp³-hybridized carbons (Fsp3) is 0.300. The van der Waals surface area contributed by atoms with Gasteiger partial charge in [-0.3, -0.25) is 4.79 Å². The first-order chi connectivity index (χ1) is 7.20. The number of hydrogen-bond acceptors (Lipinski definition) is 3. The summed E-state index contributed by atoms with van der Waals surface area (Å²) in [7, 11) is 0. The maximum Gasteiger partial charge on any atom is 0.313 e. The molecule has 1 rings (SSSR count). The molecule has 1 N–H and O–H groups in total. The van der Waals surface area contributed by atoms with E-state index in [1.165, 1.54) is 11.8 Å². The average Bonchev–Trinajstić information content (AvgIpc) is 2.20. The first-order valence-corrected chi connectivity index (χ1v) is 5.90. The molecule has 0 aliphatic carbocycles. The van der Waals surface area contributed by atoms with E-state index in [0.29, 0.717) is 23.1 Å². The molecule has 5 heteroatoms. The first kappa shape index (κ1) is 12.2. The van der Waals surface area contributed by atoms with Gasteiger partial charge in [-0.25, -0.2) is 0 Å². The zero-order chi connectivity index (χ0) is 11.1. The molecule has 0 heterocycles. The highest BCUT2D eigenvalue weighted by Gasteiger charge is 2.00. The minimum Gasteiger partial charge on any atom is -0.491 e. The van der Waals surface area contributed by atoms with Crippen molar-refractivity contribution in [2.24, 2.45) is 0 Å². The van der Waals surface area contributed by atoms with Crippen molar-refractivity contribution < 1.29 is 14.6 Å². The Hall–Kier alpha value is -0.870. The number of rotatable bonds is 6. The van der Waals surface area contributed by atoms with Gasteiger partial charge in [-0.1, -0.05) is 23.7 Å². The van der Waals surface area contributed by atoms with E-state index in [4.69, 9.17) is 21.4 Å². The molecule has 0 aliphatic heterocycles. The number of carbonyl (C=O) groups is 1. The van der Waals surface area contributed by atoms with Gasteiger partial charge in [-0.15, -0.1) is 11.8 Å². The highest BCUT2D eigenvalue weighted by molar-refractivity contribution is 7.99. The molecular formula is C10H11ClO3S. The molecule has 0 saturated carbocycles. The Bertz CT molecular complexity index is 330. The first-order valence-electron chi connectivity index (χ1n) is 4.37. The molecule has 0 spiro atoms. The van der Waals surface area contributed by atoms with E-state index >= 15 is 0 Å². The van der Waals surface area contributed by atoms with Crippen LogP contribution in [0.2, 0.25) is 5.02 Å². The lowest BCUT2D eigenvalue weighted by molar-refractivity contribution is -0.133. The molecule has 0 saturated heterocycles. The molecule has 0 aromatic heterocycles. The molecule has 0 bridgehead atoms. The molecule has 0 amide bonds. The van der Waals surface area contributed by atoms with Crippen LogP contribution < -0.4 is 4.74 Å². The maximum atomic E-state index is 10.2. The van der Waals surface area contributed by atoms with Crippen LogP contribution in [0.3, 0.4) is 0 Å². The Morgan fingerprint density at radius 2 is 2.20 bits per heavy atom. The number of ether oxygens (including phenoxy) is 1. The lowest BCUT2D eigenvalue weighted by Gasteiger charge is -2.06. The van der Waals surface area contributed by atoms with Crippen molar-refractivity contribution in [1.29, 1.82) is 0 Å². The Kier molecular flexibility index (Phi) is 5.36. The SMILES string of the molecule is O=C(O)CSCCOc1ccccc1Cl. The van der Waals surface area contributed by atoms with E-state index in [2.05, 4.69) is 0 Å². The van der Waals surface area contributed by atoms with E-state index in [1.54, 1.807) is 12.1 Å². The van der Waals surface area contributed by atoms with E-state index in [1.807, 2.05) is 12.1 Å². The minimum absolute atomic E-state index is 0.103. The fourth-order valence-electron chi connectivity index (χ4n) is 0.932. The molecule has 0 atom stereocenters. The highest BCUT2D eigenvalue weighted by atomic mass is 35.5. The normalized spacial score (nSPS) is 9.93. The van der Waals surface area contributed by atoms with Gasteiger partial charge in [-0.05, 0) is 12.1 Å². The third-order valence-corrected chi connectivity index (χ3v) is 2.77. The Labute approximate surface area is 97.4 Å². The second kappa shape index (κ2) is 6.58. The van der Waals surface area contributed by atoms with Crippen LogP contribution in [0.15, 0.2) is 24.3 Å². The van der Waals surface area contributed by atoms with Crippen LogP contribution in [-0.4, -0.2) is 29.2 Å². The van der Waals surface area contributed by atoms with Crippen molar-refractivity contribution in [2.45, 2.75) is 0 Å². The summed E-state index contributed by atoms with van der Waals surface area (Å²) >= 11 is 7.18. The zero-order valence-corrected chi connectivity index (χ0v) is 9.55. The van der Waals surface area contributed by atoms with Crippen LogP contribution in [0.4, 0.5) is 0 Å². The second-order valence-electron chi connectivity index (χ2n) is 2.73. The van der Waals surface area contributed by atoms with Gasteiger partial charge >= 0.3 is 5.97 Å². The molecule has 1 aromatic carbocycles. The zero-order valence-electron chi connectivity index (χ0n) is 7.98. The van der Waals surface area contributed by atoms with Crippen LogP contribution in [0.5, 0.6) is 5.75 Å². The predicted molar refractivity (Wildman–Crippen MR) is 61.9 cm³/mol. The Morgan fingerprint density at radius 3 is 2.87 bits per heavy atom. The second-order valence-corrected chi connectivity index (χ2v) is 4.24. The van der Waals surface area contributed by atoms with Crippen LogP contribution >= 0.6 is 23.4 Å². The van der Waals surface area contributed by atoms with Crippen molar-refractivity contribution in [2.75, 3.05) is 18.1 Å². The molecule has 3 nitrogen and oxygen atoms in total. The summed E-state index contributed by atoms with van der Waals surface area (Å²) in [5.41, 5.74) is 0. The van der Waals surface area contributed by atoms with E-state index in [0.717, 1.165) is 0 Å². The Morgan fingerprint density at radius 1 is 1.47 bits per heavy atom. The third-order valence-electron chi connectivity index (χ3n) is 1.55. The van der Waals surface area contributed by atoms with Gasteiger partial charge in [0, 0.05) is 5.75 Å². The van der Waals surface area contributed by atoms with Crippen molar-refractivity contribution in [1.82, 2.24) is 0 Å². The highest BCUT2D eigenvalue weighted by Crippen LogP contribution is 2.23. The molecular weight excluding hydrogens is 236 g/mol. The van der Waals surface area contributed by atoms with Gasteiger partial charge in [0.25, 0.3) is 0 Å². The van der Waals surface area contributed by atoms with Crippen molar-refractivity contribution in [3.63, 3.8) is 0 Å². The summed E-state index contributed by atoms with van der Waals surface area (Å²) in [6.07, 6.45) is 0. The molecule has 82 valence electrons. The van der Waals surface area contributed by atoms with Crippen LogP contribution in [0.1, 0.15) is 0 Å². The minimum atomic E-state index is -0.808. The molecule has 0 aliphatic rings. The number of para-hydroxylation sites is 1. The topological polar surface area (TPSA) is 46.5 Å². The van der Waals surface area contributed by atoms with Crippen molar-refractivity contribution in [3.05, 3.63) is 29.3 Å². The third kappa shape index (κ3) is 4.95. The molecule has 15 heavy (non-hydrogen) atoms. The molecule has 0 unspecified atom stereocenters. The quantitative estimate of drug-likeness (QED) is 0.784. The monoisotopic (exact) mass is 246 g/mol. The van der Waals surface area contributed by atoms with Gasteiger partial charge in [0.1, 0.15) is 5.75 Å². The van der Waals surface area contributed by atoms with Crippen molar-refractivity contribution in [3.8, 4) is 5.75 Å². The predicted octanol–water partition coefficient (Wildman–Crippen LogP) is 2.54. The van der Waals surface area contributed by atoms with Crippen LogP contribution in [0, 0.1) is 0 Å². The number of hydrogen-bond donors (Lipinski definition) is 1. The standard InChI is InChI=1S/C10H11ClO3S/c11-8-3-1-2-4-9(8)14-5-6-15-7-10(12)13/h1-4H,5-7H2,(H,12,13). The van der Waals surface area contributed by atoms with Crippen LogP contribution in [0.25, 0.3) is 0 Å². The lowest BCUT2D eigenvalue weighted by Crippen LogP contribution is -2.04. The number of aliphatic carboxylic acids is 1. The van der Waals surface area contributed by atoms with Crippen molar-refractivity contribution >= 4 is 29.3 Å². The smallest absolute Gasteiger partial charge is 0.313 e. The molecule has 0 fully saturated rings. The van der Waals surface area contributed by atoms with Gasteiger partial charge < -0.3 is 9.84 Å². The molecule has 1 aromatic rings. The van der Waals surface area contributed by atoms with Gasteiger partial charge in [0.2, 0.25) is 0 Å². The van der Waals surface area contributed by atoms with Gasteiger partial charge in [0.05, 0.1) is 17.4 Å². The van der Waals surface area contributed by atoms with E-state index in [9.17, 15) is 4.79 Å². The fourth-order valence-corrected chi connectivity index (χ4v) is 1.64. The number of carboxylic acid groups (broad SMARTS) is 1. The van der Waals surface area contributed by atoms with E-state index < -0.39 is 5.97 Å². The number of carboxylic acids is 1. The number of benzene rings is 1. The maximum absolute atomic E-state index is 10.2. The van der Waals surface area contributed by atoms with Crippen LogP contribution in [-0.2, 0) is 4.79 Å².